The number of aryl methyl sites for hydroxylation is 2. The van der Waals surface area contributed by atoms with Gasteiger partial charge in [0.15, 0.2) is 0 Å². The van der Waals surface area contributed by atoms with Gasteiger partial charge in [-0.15, -0.1) is 11.3 Å². The number of carboxylic acid groups (broad SMARTS) is 1. The number of benzene rings is 1. The third kappa shape index (κ3) is 3.89. The Balaban J connectivity index is 1.96. The summed E-state index contributed by atoms with van der Waals surface area (Å²) in [6, 6.07) is 7.14. The zero-order valence-electron chi connectivity index (χ0n) is 10.9. The number of aliphatic carboxylic acids is 1. The lowest BCUT2D eigenvalue weighted by atomic mass is 10.1. The lowest BCUT2D eigenvalue weighted by molar-refractivity contribution is -0.136. The molecule has 0 aliphatic heterocycles. The Hall–Kier alpha value is -2.21. The molecule has 1 aromatic carbocycles. The van der Waals surface area contributed by atoms with Gasteiger partial charge in [0.2, 0.25) is 0 Å². The molecule has 1 aromatic heterocycles. The fourth-order valence-electron chi connectivity index (χ4n) is 1.67. The predicted molar refractivity (Wildman–Crippen MR) is 77.2 cm³/mol. The fraction of sp³-hybridized carbons (Fsp3) is 0.214. The SMILES string of the molecule is Cc1nc(C(=O)Nc2ccc(CCC(=O)O)cc2)cs1. The highest BCUT2D eigenvalue weighted by atomic mass is 32.1. The summed E-state index contributed by atoms with van der Waals surface area (Å²) in [6.07, 6.45) is 0.582. The lowest BCUT2D eigenvalue weighted by Crippen LogP contribution is -2.12. The van der Waals surface area contributed by atoms with Crippen molar-refractivity contribution in [2.45, 2.75) is 19.8 Å². The normalized spacial score (nSPS) is 10.2. The first-order valence-corrected chi connectivity index (χ1v) is 6.97. The Labute approximate surface area is 120 Å². The molecule has 20 heavy (non-hydrogen) atoms. The summed E-state index contributed by atoms with van der Waals surface area (Å²) in [5, 5.41) is 13.9. The molecule has 0 radical (unpaired) electrons. The van der Waals surface area contributed by atoms with E-state index in [1.807, 2.05) is 19.1 Å². The third-order valence-corrected chi connectivity index (χ3v) is 3.46. The lowest BCUT2D eigenvalue weighted by Gasteiger charge is -2.04. The molecule has 0 unspecified atom stereocenters. The van der Waals surface area contributed by atoms with E-state index in [1.165, 1.54) is 11.3 Å². The van der Waals surface area contributed by atoms with Gasteiger partial charge in [0.05, 0.1) is 5.01 Å². The molecule has 5 nitrogen and oxygen atoms in total. The van der Waals surface area contributed by atoms with Crippen molar-refractivity contribution in [1.29, 1.82) is 0 Å². The van der Waals surface area contributed by atoms with Crippen LogP contribution in [-0.4, -0.2) is 22.0 Å². The maximum Gasteiger partial charge on any atom is 0.303 e. The van der Waals surface area contributed by atoms with Crippen LogP contribution < -0.4 is 5.32 Å². The summed E-state index contributed by atoms with van der Waals surface area (Å²) in [6.45, 7) is 1.85. The van der Waals surface area contributed by atoms with Crippen LogP contribution in [0.5, 0.6) is 0 Å². The van der Waals surface area contributed by atoms with E-state index in [1.54, 1.807) is 17.5 Å². The van der Waals surface area contributed by atoms with Crippen LogP contribution in [0.25, 0.3) is 0 Å². The summed E-state index contributed by atoms with van der Waals surface area (Å²) in [7, 11) is 0. The van der Waals surface area contributed by atoms with Crippen molar-refractivity contribution < 1.29 is 14.7 Å². The highest BCUT2D eigenvalue weighted by Gasteiger charge is 2.09. The number of nitrogens with zero attached hydrogens (tertiary/aromatic N) is 1. The standard InChI is InChI=1S/C14H14N2O3S/c1-9-15-12(8-20-9)14(19)16-11-5-2-10(3-6-11)4-7-13(17)18/h2-3,5-6,8H,4,7H2,1H3,(H,16,19)(H,17,18). The van der Waals surface area contributed by atoms with Gasteiger partial charge in [0, 0.05) is 17.5 Å². The largest absolute Gasteiger partial charge is 0.481 e. The van der Waals surface area contributed by atoms with Gasteiger partial charge in [0.25, 0.3) is 5.91 Å². The third-order valence-electron chi connectivity index (χ3n) is 2.69. The minimum absolute atomic E-state index is 0.101. The number of hydrogen-bond donors (Lipinski definition) is 2. The quantitative estimate of drug-likeness (QED) is 0.887. The number of anilines is 1. The molecule has 104 valence electrons. The summed E-state index contributed by atoms with van der Waals surface area (Å²) in [5.74, 6) is -1.06. The highest BCUT2D eigenvalue weighted by Crippen LogP contribution is 2.14. The smallest absolute Gasteiger partial charge is 0.303 e. The van der Waals surface area contributed by atoms with Crippen molar-refractivity contribution in [2.24, 2.45) is 0 Å². The number of hydrogen-bond acceptors (Lipinski definition) is 4. The first-order valence-electron chi connectivity index (χ1n) is 6.09. The average Bonchev–Trinajstić information content (AvgIpc) is 2.85. The van der Waals surface area contributed by atoms with Crippen molar-refractivity contribution in [3.63, 3.8) is 0 Å². The number of amides is 1. The van der Waals surface area contributed by atoms with Crippen LogP contribution in [-0.2, 0) is 11.2 Å². The molecule has 2 rings (SSSR count). The van der Waals surface area contributed by atoms with Gasteiger partial charge in [-0.2, -0.15) is 0 Å². The van der Waals surface area contributed by atoms with Crippen LogP contribution in [0, 0.1) is 6.92 Å². The Bertz CT molecular complexity index is 620. The van der Waals surface area contributed by atoms with E-state index in [2.05, 4.69) is 10.3 Å². The van der Waals surface area contributed by atoms with Crippen molar-refractivity contribution in [3.05, 3.63) is 45.9 Å². The minimum Gasteiger partial charge on any atom is -0.481 e. The summed E-state index contributed by atoms with van der Waals surface area (Å²) < 4.78 is 0. The molecule has 0 aliphatic rings. The second-order valence-electron chi connectivity index (χ2n) is 4.30. The van der Waals surface area contributed by atoms with Gasteiger partial charge in [-0.05, 0) is 31.0 Å². The highest BCUT2D eigenvalue weighted by molar-refractivity contribution is 7.09. The van der Waals surface area contributed by atoms with Crippen LogP contribution in [0.3, 0.4) is 0 Å². The van der Waals surface area contributed by atoms with Crippen molar-refractivity contribution in [2.75, 3.05) is 5.32 Å². The van der Waals surface area contributed by atoms with Crippen LogP contribution in [0.1, 0.15) is 27.5 Å². The van der Waals surface area contributed by atoms with Crippen LogP contribution >= 0.6 is 11.3 Å². The van der Waals surface area contributed by atoms with E-state index in [0.717, 1.165) is 10.6 Å². The number of aromatic nitrogens is 1. The Morgan fingerprint density at radius 3 is 2.55 bits per heavy atom. The molecular formula is C14H14N2O3S. The minimum atomic E-state index is -0.818. The van der Waals surface area contributed by atoms with Crippen LogP contribution in [0.2, 0.25) is 0 Å². The number of rotatable bonds is 5. The Morgan fingerprint density at radius 2 is 2.00 bits per heavy atom. The molecular weight excluding hydrogens is 276 g/mol. The van der Waals surface area contributed by atoms with Gasteiger partial charge in [-0.1, -0.05) is 12.1 Å². The molecule has 1 amide bonds. The number of thiazole rings is 1. The zero-order chi connectivity index (χ0) is 14.5. The molecule has 6 heteroatoms. The Morgan fingerprint density at radius 1 is 1.30 bits per heavy atom. The predicted octanol–water partition coefficient (Wildman–Crippen LogP) is 2.72. The summed E-state index contributed by atoms with van der Waals surface area (Å²) >= 11 is 1.43. The van der Waals surface area contributed by atoms with E-state index < -0.39 is 5.97 Å². The van der Waals surface area contributed by atoms with Crippen molar-refractivity contribution >= 4 is 28.9 Å². The van der Waals surface area contributed by atoms with E-state index in [0.29, 0.717) is 17.8 Å². The first kappa shape index (κ1) is 14.2. The molecule has 0 fully saturated rings. The number of carboxylic acids is 1. The maximum atomic E-state index is 11.9. The second kappa shape index (κ2) is 6.29. The van der Waals surface area contributed by atoms with Gasteiger partial charge in [0.1, 0.15) is 5.69 Å². The van der Waals surface area contributed by atoms with Crippen molar-refractivity contribution in [3.8, 4) is 0 Å². The van der Waals surface area contributed by atoms with E-state index in [-0.39, 0.29) is 12.3 Å². The van der Waals surface area contributed by atoms with Crippen LogP contribution in [0.4, 0.5) is 5.69 Å². The van der Waals surface area contributed by atoms with Gasteiger partial charge < -0.3 is 10.4 Å². The van der Waals surface area contributed by atoms with Crippen LogP contribution in [0.15, 0.2) is 29.6 Å². The summed E-state index contributed by atoms with van der Waals surface area (Å²) in [4.78, 5) is 26.5. The maximum absolute atomic E-state index is 11.9. The van der Waals surface area contributed by atoms with Gasteiger partial charge in [-0.3, -0.25) is 9.59 Å². The van der Waals surface area contributed by atoms with Crippen molar-refractivity contribution in [1.82, 2.24) is 4.98 Å². The molecule has 2 aromatic rings. The molecule has 0 saturated carbocycles. The number of nitrogens with one attached hydrogen (secondary N) is 1. The van der Waals surface area contributed by atoms with E-state index in [4.69, 9.17) is 5.11 Å². The average molecular weight is 290 g/mol. The second-order valence-corrected chi connectivity index (χ2v) is 5.36. The van der Waals surface area contributed by atoms with E-state index >= 15 is 0 Å². The Kier molecular flexibility index (Phi) is 4.47. The topological polar surface area (TPSA) is 79.3 Å². The molecule has 0 atom stereocenters. The zero-order valence-corrected chi connectivity index (χ0v) is 11.7. The summed E-state index contributed by atoms with van der Waals surface area (Å²) in [5.41, 5.74) is 2.00. The first-order chi connectivity index (χ1) is 9.54. The molecule has 1 heterocycles. The number of carbonyl (C=O) groups excluding carboxylic acids is 1. The molecule has 0 aliphatic carbocycles. The van der Waals surface area contributed by atoms with Gasteiger partial charge >= 0.3 is 5.97 Å². The molecule has 0 bridgehead atoms. The molecule has 2 N–H and O–H groups in total. The molecule has 0 spiro atoms. The monoisotopic (exact) mass is 290 g/mol. The number of carbonyl (C=O) groups is 2. The van der Waals surface area contributed by atoms with E-state index in [9.17, 15) is 9.59 Å². The fourth-order valence-corrected chi connectivity index (χ4v) is 2.26. The molecule has 0 saturated heterocycles. The van der Waals surface area contributed by atoms with Gasteiger partial charge in [-0.25, -0.2) is 4.98 Å².